The smallest absolute Gasteiger partial charge is 0.196 e. The number of pyridine rings is 2. The van der Waals surface area contributed by atoms with Gasteiger partial charge in [-0.05, 0) is 56.7 Å². The molecule has 9 heteroatoms. The van der Waals surface area contributed by atoms with Gasteiger partial charge in [0.25, 0.3) is 0 Å². The predicted octanol–water partition coefficient (Wildman–Crippen LogP) is 4.67. The van der Waals surface area contributed by atoms with Crippen LogP contribution >= 0.6 is 11.6 Å². The van der Waals surface area contributed by atoms with Gasteiger partial charge in [0.2, 0.25) is 0 Å². The molecule has 0 saturated heterocycles. The van der Waals surface area contributed by atoms with Crippen LogP contribution in [0.15, 0.2) is 62.9 Å². The molecule has 3 heterocycles. The second-order valence-corrected chi connectivity index (χ2v) is 8.85. The Hall–Kier alpha value is -3.07. The topological polar surface area (TPSA) is 111 Å². The molecule has 3 aromatic heterocycles. The lowest BCUT2D eigenvalue weighted by atomic mass is 9.99. The van der Waals surface area contributed by atoms with Crippen molar-refractivity contribution >= 4 is 39.2 Å². The van der Waals surface area contributed by atoms with Gasteiger partial charge in [-0.3, -0.25) is 9.78 Å². The Kier molecular flexibility index (Phi) is 6.10. The lowest BCUT2D eigenvalue weighted by Crippen LogP contribution is -2.15. The summed E-state index contributed by atoms with van der Waals surface area (Å²) < 4.78 is 18.2. The third-order valence-corrected chi connectivity index (χ3v) is 6.05. The number of hydrogen-bond donors (Lipinski definition) is 2. The Morgan fingerprint density at radius 2 is 1.97 bits per heavy atom. The summed E-state index contributed by atoms with van der Waals surface area (Å²) in [5, 5.41) is 9.68. The summed E-state index contributed by atoms with van der Waals surface area (Å²) in [6, 6.07) is 12.1. The van der Waals surface area contributed by atoms with Gasteiger partial charge in [0.1, 0.15) is 27.4 Å². The molecule has 2 atom stereocenters. The van der Waals surface area contributed by atoms with Crippen molar-refractivity contribution in [1.29, 1.82) is 0 Å². The number of hydrogen-bond acceptors (Lipinski definition) is 6. The van der Waals surface area contributed by atoms with Crippen LogP contribution in [0.4, 0.5) is 5.69 Å². The Bertz CT molecular complexity index is 1410. The van der Waals surface area contributed by atoms with Crippen LogP contribution < -0.4 is 15.9 Å². The highest BCUT2D eigenvalue weighted by Gasteiger charge is 2.20. The maximum atomic E-state index is 13.2. The van der Waals surface area contributed by atoms with Gasteiger partial charge < -0.3 is 9.73 Å². The molecule has 0 fully saturated rings. The zero-order valence-corrected chi connectivity index (χ0v) is 19.3. The molecule has 0 spiro atoms. The highest BCUT2D eigenvalue weighted by molar-refractivity contribution is 7.82. The van der Waals surface area contributed by atoms with Gasteiger partial charge in [0.05, 0.1) is 17.1 Å². The number of nitrogens with two attached hydrogens (primary N) is 1. The van der Waals surface area contributed by atoms with Crippen LogP contribution in [-0.4, -0.2) is 14.2 Å². The van der Waals surface area contributed by atoms with Crippen molar-refractivity contribution < 1.29 is 8.63 Å². The molecule has 0 aliphatic heterocycles. The minimum atomic E-state index is -1.83. The molecule has 1 aromatic carbocycles. The second kappa shape index (κ2) is 8.82. The molecule has 0 bridgehead atoms. The molecule has 0 amide bonds. The fourth-order valence-corrected chi connectivity index (χ4v) is 4.35. The summed E-state index contributed by atoms with van der Waals surface area (Å²) in [4.78, 5) is 21.6. The van der Waals surface area contributed by atoms with Crippen molar-refractivity contribution in [3.8, 4) is 11.5 Å². The number of aryl methyl sites for hydroxylation is 1. The van der Waals surface area contributed by atoms with Crippen LogP contribution in [-0.2, 0) is 11.0 Å². The average Bonchev–Trinajstić information content (AvgIpc) is 2.77. The van der Waals surface area contributed by atoms with E-state index in [1.54, 1.807) is 37.4 Å². The molecular formula is C23H21ClN4O3S. The maximum absolute atomic E-state index is 13.2. The standard InChI is InChI=1S/C23H21ClN4O3S/c1-12-10-15(14(3)27-18-7-8-19(24)28-23(18)32(25)30)22-16(11-12)20(29)13(2)21(31-22)17-6-4-5-9-26-17/h4-11,14,27H,25H2,1-3H3. The van der Waals surface area contributed by atoms with E-state index in [9.17, 15) is 9.00 Å². The zero-order chi connectivity index (χ0) is 23.0. The van der Waals surface area contributed by atoms with Gasteiger partial charge in [-0.25, -0.2) is 14.3 Å². The number of nitrogens with zero attached hydrogens (tertiary/aromatic N) is 2. The van der Waals surface area contributed by atoms with Crippen LogP contribution in [0.3, 0.4) is 0 Å². The third-order valence-electron chi connectivity index (χ3n) is 5.14. The van der Waals surface area contributed by atoms with Crippen LogP contribution in [0, 0.1) is 13.8 Å². The normalized spacial score (nSPS) is 13.2. The highest BCUT2D eigenvalue weighted by atomic mass is 35.5. The number of benzene rings is 1. The van der Waals surface area contributed by atoms with E-state index < -0.39 is 11.0 Å². The van der Waals surface area contributed by atoms with Crippen molar-refractivity contribution in [2.75, 3.05) is 5.32 Å². The summed E-state index contributed by atoms with van der Waals surface area (Å²) in [7, 11) is -1.83. The van der Waals surface area contributed by atoms with Gasteiger partial charge in [0.15, 0.2) is 16.2 Å². The van der Waals surface area contributed by atoms with E-state index >= 15 is 0 Å². The molecule has 3 N–H and O–H groups in total. The Morgan fingerprint density at radius 1 is 1.19 bits per heavy atom. The van der Waals surface area contributed by atoms with Crippen molar-refractivity contribution in [3.63, 3.8) is 0 Å². The first kappa shape index (κ1) is 22.1. The number of rotatable bonds is 5. The van der Waals surface area contributed by atoms with Gasteiger partial charge >= 0.3 is 0 Å². The van der Waals surface area contributed by atoms with Crippen molar-refractivity contribution in [2.24, 2.45) is 5.14 Å². The first-order valence-corrected chi connectivity index (χ1v) is 11.4. The number of halogens is 1. The SMILES string of the molecule is Cc1cc(C(C)Nc2ccc(Cl)nc2S(N)=O)c2oc(-c3ccccn3)c(C)c(=O)c2c1. The van der Waals surface area contributed by atoms with Crippen LogP contribution in [0.5, 0.6) is 0 Å². The Morgan fingerprint density at radius 3 is 2.66 bits per heavy atom. The van der Waals surface area contributed by atoms with E-state index in [1.165, 1.54) is 0 Å². The van der Waals surface area contributed by atoms with Crippen LogP contribution in [0.1, 0.15) is 29.7 Å². The molecular weight excluding hydrogens is 448 g/mol. The van der Waals surface area contributed by atoms with Gasteiger partial charge in [-0.1, -0.05) is 23.7 Å². The largest absolute Gasteiger partial charge is 0.454 e. The van der Waals surface area contributed by atoms with E-state index in [-0.39, 0.29) is 21.6 Å². The van der Waals surface area contributed by atoms with E-state index in [4.69, 9.17) is 21.2 Å². The first-order valence-electron chi connectivity index (χ1n) is 9.85. The fraction of sp³-hybridized carbons (Fsp3) is 0.174. The highest BCUT2D eigenvalue weighted by Crippen LogP contribution is 2.32. The molecule has 4 aromatic rings. The summed E-state index contributed by atoms with van der Waals surface area (Å²) in [5.41, 5.74) is 3.59. The average molecular weight is 469 g/mol. The molecule has 0 radical (unpaired) electrons. The third kappa shape index (κ3) is 4.17. The van der Waals surface area contributed by atoms with E-state index in [1.807, 2.05) is 32.0 Å². The number of fused-ring (bicyclic) bond motifs is 1. The molecule has 2 unspecified atom stereocenters. The first-order chi connectivity index (χ1) is 15.3. The predicted molar refractivity (Wildman–Crippen MR) is 127 cm³/mol. The Balaban J connectivity index is 1.88. The molecule has 0 aliphatic carbocycles. The monoisotopic (exact) mass is 468 g/mol. The van der Waals surface area contributed by atoms with Crippen molar-refractivity contribution in [3.05, 3.63) is 80.7 Å². The van der Waals surface area contributed by atoms with Crippen LogP contribution in [0.25, 0.3) is 22.4 Å². The number of nitrogens with one attached hydrogen (secondary N) is 1. The number of aromatic nitrogens is 2. The second-order valence-electron chi connectivity index (χ2n) is 7.48. The summed E-state index contributed by atoms with van der Waals surface area (Å²) in [6.07, 6.45) is 1.65. The van der Waals surface area contributed by atoms with E-state index in [0.29, 0.717) is 33.7 Å². The van der Waals surface area contributed by atoms with Gasteiger partial charge in [-0.15, -0.1) is 0 Å². The minimum Gasteiger partial charge on any atom is -0.454 e. The molecule has 164 valence electrons. The lowest BCUT2D eigenvalue weighted by Gasteiger charge is -2.19. The van der Waals surface area contributed by atoms with E-state index in [2.05, 4.69) is 15.3 Å². The van der Waals surface area contributed by atoms with Gasteiger partial charge in [0, 0.05) is 17.3 Å². The van der Waals surface area contributed by atoms with E-state index in [0.717, 1.165) is 11.1 Å². The fourth-order valence-electron chi connectivity index (χ4n) is 3.62. The molecule has 7 nitrogen and oxygen atoms in total. The molecule has 32 heavy (non-hydrogen) atoms. The Labute approximate surface area is 192 Å². The summed E-state index contributed by atoms with van der Waals surface area (Å²) in [6.45, 7) is 5.56. The lowest BCUT2D eigenvalue weighted by molar-refractivity contribution is 0.603. The maximum Gasteiger partial charge on any atom is 0.196 e. The van der Waals surface area contributed by atoms with Crippen molar-refractivity contribution in [1.82, 2.24) is 9.97 Å². The molecule has 0 saturated carbocycles. The zero-order valence-electron chi connectivity index (χ0n) is 17.7. The van der Waals surface area contributed by atoms with Crippen LogP contribution in [0.2, 0.25) is 5.15 Å². The number of anilines is 1. The molecule has 4 rings (SSSR count). The molecule has 0 aliphatic rings. The summed E-state index contributed by atoms with van der Waals surface area (Å²) in [5.74, 6) is 0.428. The quantitative estimate of drug-likeness (QED) is 0.411. The van der Waals surface area contributed by atoms with Crippen molar-refractivity contribution in [2.45, 2.75) is 31.8 Å². The van der Waals surface area contributed by atoms with Gasteiger partial charge in [-0.2, -0.15) is 0 Å². The summed E-state index contributed by atoms with van der Waals surface area (Å²) >= 11 is 5.94. The minimum absolute atomic E-state index is 0.110.